The average molecular weight is 346 g/mol. The third-order valence-electron chi connectivity index (χ3n) is 4.93. The van der Waals surface area contributed by atoms with Gasteiger partial charge in [-0.15, -0.1) is 0 Å². The van der Waals surface area contributed by atoms with E-state index in [0.29, 0.717) is 0 Å². The molecule has 0 heterocycles. The SMILES string of the molecule is CCCCCCCC[N+](CC)(c1ccccc1)c1ccccc1.[Cl-]. The van der Waals surface area contributed by atoms with Gasteiger partial charge in [0.25, 0.3) is 0 Å². The first-order valence-corrected chi connectivity index (χ1v) is 9.32. The summed E-state index contributed by atoms with van der Waals surface area (Å²) in [5.74, 6) is 0. The molecule has 0 aliphatic carbocycles. The number of hydrogen-bond acceptors (Lipinski definition) is 0. The van der Waals surface area contributed by atoms with E-state index in [1.54, 1.807) is 0 Å². The zero-order valence-electron chi connectivity index (χ0n) is 15.3. The number of benzene rings is 2. The zero-order valence-corrected chi connectivity index (χ0v) is 16.0. The van der Waals surface area contributed by atoms with Gasteiger partial charge in [0.15, 0.2) is 0 Å². The van der Waals surface area contributed by atoms with Crippen molar-refractivity contribution in [1.82, 2.24) is 4.48 Å². The second-order valence-electron chi connectivity index (χ2n) is 6.45. The fraction of sp³-hybridized carbons (Fsp3) is 0.455. The topological polar surface area (TPSA) is 0 Å². The molecule has 2 aromatic carbocycles. The number of quaternary nitrogens is 1. The molecular formula is C22H32ClN. The number of rotatable bonds is 10. The van der Waals surface area contributed by atoms with Crippen LogP contribution in [0.15, 0.2) is 60.7 Å². The predicted octanol–water partition coefficient (Wildman–Crippen LogP) is 3.71. The van der Waals surface area contributed by atoms with Crippen LogP contribution >= 0.6 is 0 Å². The zero-order chi connectivity index (χ0) is 16.4. The standard InChI is InChI=1S/C22H32N.ClH/c1-3-5-6-7-8-15-20-23(4-2,21-16-11-9-12-17-21)22-18-13-10-14-19-22;/h9-14,16-19H,3-8,15,20H2,1-2H3;1H/q+1;/p-1. The molecule has 0 saturated carbocycles. The molecule has 0 aromatic heterocycles. The average Bonchev–Trinajstić information content (AvgIpc) is 2.63. The summed E-state index contributed by atoms with van der Waals surface area (Å²) < 4.78 is 0.968. The lowest BCUT2D eigenvalue weighted by Crippen LogP contribution is -3.00. The van der Waals surface area contributed by atoms with Crippen molar-refractivity contribution >= 4 is 11.4 Å². The van der Waals surface area contributed by atoms with Gasteiger partial charge >= 0.3 is 0 Å². The molecule has 0 bridgehead atoms. The first-order valence-electron chi connectivity index (χ1n) is 9.32. The highest BCUT2D eigenvalue weighted by atomic mass is 35.5. The van der Waals surface area contributed by atoms with Gasteiger partial charge < -0.3 is 12.4 Å². The van der Waals surface area contributed by atoms with Crippen LogP contribution in [0.2, 0.25) is 0 Å². The van der Waals surface area contributed by atoms with Crippen LogP contribution < -0.4 is 16.9 Å². The van der Waals surface area contributed by atoms with E-state index in [0.717, 1.165) is 11.0 Å². The molecule has 0 atom stereocenters. The predicted molar refractivity (Wildman–Crippen MR) is 103 cm³/mol. The van der Waals surface area contributed by atoms with Gasteiger partial charge in [0, 0.05) is 0 Å². The number of hydrogen-bond donors (Lipinski definition) is 0. The molecule has 0 amide bonds. The van der Waals surface area contributed by atoms with Crippen molar-refractivity contribution in [3.05, 3.63) is 60.7 Å². The molecular weight excluding hydrogens is 314 g/mol. The number of nitrogens with zero attached hydrogens (tertiary/aromatic N) is 1. The van der Waals surface area contributed by atoms with Crippen LogP contribution in [-0.2, 0) is 0 Å². The van der Waals surface area contributed by atoms with Crippen molar-refractivity contribution in [2.45, 2.75) is 52.4 Å². The lowest BCUT2D eigenvalue weighted by Gasteiger charge is -2.37. The summed E-state index contributed by atoms with van der Waals surface area (Å²) in [7, 11) is 0. The van der Waals surface area contributed by atoms with Crippen LogP contribution in [0, 0.1) is 0 Å². The molecule has 0 fully saturated rings. The Morgan fingerprint density at radius 1 is 0.625 bits per heavy atom. The summed E-state index contributed by atoms with van der Waals surface area (Å²) in [6.45, 7) is 6.89. The van der Waals surface area contributed by atoms with Gasteiger partial charge in [0.2, 0.25) is 0 Å². The molecule has 0 radical (unpaired) electrons. The monoisotopic (exact) mass is 345 g/mol. The highest BCUT2D eigenvalue weighted by molar-refractivity contribution is 5.58. The first kappa shape index (κ1) is 20.7. The van der Waals surface area contributed by atoms with Gasteiger partial charge in [0.05, 0.1) is 13.1 Å². The van der Waals surface area contributed by atoms with Crippen molar-refractivity contribution in [3.8, 4) is 0 Å². The van der Waals surface area contributed by atoms with Crippen LogP contribution in [0.5, 0.6) is 0 Å². The molecule has 24 heavy (non-hydrogen) atoms. The normalized spacial score (nSPS) is 11.1. The van der Waals surface area contributed by atoms with Crippen LogP contribution in [0.3, 0.4) is 0 Å². The second kappa shape index (κ2) is 11.3. The van der Waals surface area contributed by atoms with E-state index in [4.69, 9.17) is 0 Å². The summed E-state index contributed by atoms with van der Waals surface area (Å²) in [6, 6.07) is 22.0. The lowest BCUT2D eigenvalue weighted by atomic mass is 10.1. The van der Waals surface area contributed by atoms with Crippen LogP contribution in [0.4, 0.5) is 11.4 Å². The summed E-state index contributed by atoms with van der Waals surface area (Å²) in [5, 5.41) is 0. The molecule has 0 spiro atoms. The largest absolute Gasteiger partial charge is 1.00 e. The summed E-state index contributed by atoms with van der Waals surface area (Å²) in [5.41, 5.74) is 2.82. The van der Waals surface area contributed by atoms with Crippen molar-refractivity contribution < 1.29 is 12.4 Å². The van der Waals surface area contributed by atoms with Crippen LogP contribution in [0.25, 0.3) is 0 Å². The highest BCUT2D eigenvalue weighted by Crippen LogP contribution is 2.34. The molecule has 0 N–H and O–H groups in total. The Labute approximate surface area is 154 Å². The lowest BCUT2D eigenvalue weighted by molar-refractivity contribution is -0.00000482. The van der Waals surface area contributed by atoms with E-state index >= 15 is 0 Å². The van der Waals surface area contributed by atoms with E-state index in [9.17, 15) is 0 Å². The third-order valence-corrected chi connectivity index (χ3v) is 4.93. The summed E-state index contributed by atoms with van der Waals surface area (Å²) in [6.07, 6.45) is 8.11. The third kappa shape index (κ3) is 5.36. The van der Waals surface area contributed by atoms with Crippen molar-refractivity contribution in [2.75, 3.05) is 13.1 Å². The molecule has 2 rings (SSSR count). The Bertz CT molecular complexity index is 499. The Kier molecular flexibility index (Phi) is 9.75. The van der Waals surface area contributed by atoms with Crippen molar-refractivity contribution in [2.24, 2.45) is 0 Å². The minimum Gasteiger partial charge on any atom is -1.00 e. The second-order valence-corrected chi connectivity index (χ2v) is 6.45. The molecule has 0 aliphatic heterocycles. The Hall–Kier alpha value is -1.31. The fourth-order valence-electron chi connectivity index (χ4n) is 3.52. The maximum atomic E-state index is 2.32. The van der Waals surface area contributed by atoms with Crippen molar-refractivity contribution in [1.29, 1.82) is 0 Å². The minimum atomic E-state index is 0. The van der Waals surface area contributed by atoms with Crippen LogP contribution in [-0.4, -0.2) is 13.1 Å². The molecule has 1 nitrogen and oxygen atoms in total. The van der Waals surface area contributed by atoms with Crippen molar-refractivity contribution in [3.63, 3.8) is 0 Å². The Balaban J connectivity index is 0.00000288. The molecule has 0 saturated heterocycles. The number of para-hydroxylation sites is 2. The van der Waals surface area contributed by atoms with E-state index in [2.05, 4.69) is 74.5 Å². The number of halogens is 1. The smallest absolute Gasteiger partial charge is 0.137 e. The van der Waals surface area contributed by atoms with Gasteiger partial charge in [-0.05, 0) is 44.0 Å². The number of unbranched alkanes of at least 4 members (excludes halogenated alkanes) is 5. The fourth-order valence-corrected chi connectivity index (χ4v) is 3.52. The molecule has 2 aromatic rings. The van der Waals surface area contributed by atoms with Gasteiger partial charge in [0.1, 0.15) is 11.4 Å². The minimum absolute atomic E-state index is 0. The molecule has 2 heteroatoms. The quantitative estimate of drug-likeness (QED) is 0.455. The van der Waals surface area contributed by atoms with Crippen LogP contribution in [0.1, 0.15) is 52.4 Å². The van der Waals surface area contributed by atoms with E-state index in [1.165, 1.54) is 56.4 Å². The molecule has 0 unspecified atom stereocenters. The Morgan fingerprint density at radius 2 is 1.08 bits per heavy atom. The van der Waals surface area contributed by atoms with Gasteiger partial charge in [-0.2, -0.15) is 0 Å². The van der Waals surface area contributed by atoms with Gasteiger partial charge in [-0.3, -0.25) is 4.48 Å². The van der Waals surface area contributed by atoms with Gasteiger partial charge in [-0.1, -0.05) is 69.0 Å². The molecule has 0 aliphatic rings. The maximum Gasteiger partial charge on any atom is 0.137 e. The van der Waals surface area contributed by atoms with Gasteiger partial charge in [-0.25, -0.2) is 0 Å². The van der Waals surface area contributed by atoms with E-state index in [1.807, 2.05) is 0 Å². The maximum absolute atomic E-state index is 2.32. The Morgan fingerprint density at radius 3 is 1.54 bits per heavy atom. The molecule has 132 valence electrons. The van der Waals surface area contributed by atoms with E-state index in [-0.39, 0.29) is 12.4 Å². The van der Waals surface area contributed by atoms with E-state index < -0.39 is 0 Å². The summed E-state index contributed by atoms with van der Waals surface area (Å²) in [4.78, 5) is 0. The first-order chi connectivity index (χ1) is 11.3. The summed E-state index contributed by atoms with van der Waals surface area (Å²) >= 11 is 0. The highest BCUT2D eigenvalue weighted by Gasteiger charge is 2.30.